The van der Waals surface area contributed by atoms with Gasteiger partial charge in [0.1, 0.15) is 0 Å². The Hall–Kier alpha value is -0.794. The molecule has 0 aliphatic heterocycles. The van der Waals surface area contributed by atoms with Crippen LogP contribution >= 0.6 is 0 Å². The van der Waals surface area contributed by atoms with Crippen molar-refractivity contribution in [3.05, 3.63) is 55.6 Å². The summed E-state index contributed by atoms with van der Waals surface area (Å²) in [6.45, 7) is 22.0. The van der Waals surface area contributed by atoms with Crippen molar-refractivity contribution in [2.24, 2.45) is 0 Å². The van der Waals surface area contributed by atoms with Gasteiger partial charge >= 0.3 is 0 Å². The van der Waals surface area contributed by atoms with Gasteiger partial charge in [0.2, 0.25) is 0 Å². The molecule has 0 nitrogen and oxygen atoms in total. The van der Waals surface area contributed by atoms with Crippen LogP contribution in [-0.4, -0.2) is 0 Å². The van der Waals surface area contributed by atoms with Crippen LogP contribution < -0.4 is 0 Å². The maximum atomic E-state index is 2.20. The SMILES string of the molecule is C[c-]1[c-](C)[c-](C)[c-](C)[c-]1C.Cc1c(C)c(C)[c-](C)c1C.[Co]. The predicted octanol–water partition coefficient (Wildman–Crippen LogP) is 5.89. The fraction of sp³-hybridized carbons (Fsp3) is 0.500. The monoisotopic (exact) mass is 329 g/mol. The quantitative estimate of drug-likeness (QED) is 0.528. The van der Waals surface area contributed by atoms with E-state index in [4.69, 9.17) is 0 Å². The summed E-state index contributed by atoms with van der Waals surface area (Å²) in [7, 11) is 0. The van der Waals surface area contributed by atoms with Gasteiger partial charge in [-0.3, -0.25) is 0 Å². The van der Waals surface area contributed by atoms with E-state index in [1.807, 2.05) is 0 Å². The number of rotatable bonds is 0. The van der Waals surface area contributed by atoms with Gasteiger partial charge in [-0.15, -0.1) is 0 Å². The van der Waals surface area contributed by atoms with Crippen LogP contribution in [0, 0.1) is 69.2 Å². The molecule has 0 unspecified atom stereocenters. The zero-order chi connectivity index (χ0) is 15.8. The van der Waals surface area contributed by atoms with E-state index in [9.17, 15) is 0 Å². The van der Waals surface area contributed by atoms with Crippen LogP contribution in [0.3, 0.4) is 0 Å². The van der Waals surface area contributed by atoms with Crippen LogP contribution in [0.1, 0.15) is 55.6 Å². The van der Waals surface area contributed by atoms with Gasteiger partial charge in [0.15, 0.2) is 0 Å². The molecule has 0 heterocycles. The minimum atomic E-state index is 0. The summed E-state index contributed by atoms with van der Waals surface area (Å²) < 4.78 is 0. The van der Waals surface area contributed by atoms with Gasteiger partial charge in [-0.1, -0.05) is 34.6 Å². The molecule has 0 spiro atoms. The van der Waals surface area contributed by atoms with Crippen molar-refractivity contribution in [3.8, 4) is 0 Å². The van der Waals surface area contributed by atoms with Gasteiger partial charge in [0, 0.05) is 16.8 Å². The second kappa shape index (κ2) is 7.46. The van der Waals surface area contributed by atoms with Crippen molar-refractivity contribution < 1.29 is 16.8 Å². The Morgan fingerprint density at radius 1 is 0.476 bits per heavy atom. The molecule has 0 bridgehead atoms. The molecule has 0 aliphatic carbocycles. The average Bonchev–Trinajstić information content (AvgIpc) is 2.71. The smallest absolute Gasteiger partial charge is 0 e. The normalized spacial score (nSPS) is 10.0. The summed E-state index contributed by atoms with van der Waals surface area (Å²) in [4.78, 5) is 0. The Morgan fingerprint density at radius 3 is 0.762 bits per heavy atom. The topological polar surface area (TPSA) is 0 Å². The van der Waals surface area contributed by atoms with Crippen molar-refractivity contribution in [2.75, 3.05) is 0 Å². The molecule has 1 radical (unpaired) electrons. The average molecular weight is 329 g/mol. The van der Waals surface area contributed by atoms with Crippen LogP contribution in [0.25, 0.3) is 0 Å². The minimum Gasteiger partial charge on any atom is -0.731 e. The molecule has 125 valence electrons. The van der Waals surface area contributed by atoms with Crippen molar-refractivity contribution >= 4 is 0 Å². The molecule has 0 N–H and O–H groups in total. The first kappa shape index (κ1) is 20.2. The molecule has 2 rings (SSSR count). The molecule has 0 fully saturated rings. The second-order valence-electron chi connectivity index (χ2n) is 6.25. The van der Waals surface area contributed by atoms with Crippen LogP contribution in [0.2, 0.25) is 0 Å². The largest absolute Gasteiger partial charge is 0.731 e. The Labute approximate surface area is 141 Å². The molecule has 21 heavy (non-hydrogen) atoms. The first-order valence-corrected chi connectivity index (χ1v) is 7.50. The standard InChI is InChI=1S/2C10H15.Co/c2*1-6-7(2)9(4)10(5)8(6)3;/h2*1-5H3;/q-5;-1;. The van der Waals surface area contributed by atoms with Crippen LogP contribution in [0.15, 0.2) is 0 Å². The third kappa shape index (κ3) is 3.70. The molecule has 0 aromatic heterocycles. The van der Waals surface area contributed by atoms with E-state index in [1.165, 1.54) is 55.6 Å². The van der Waals surface area contributed by atoms with Crippen LogP contribution in [0.5, 0.6) is 0 Å². The van der Waals surface area contributed by atoms with Gasteiger partial charge in [-0.2, -0.15) is 27.8 Å². The minimum absolute atomic E-state index is 0. The molecule has 0 amide bonds. The van der Waals surface area contributed by atoms with E-state index in [2.05, 4.69) is 69.2 Å². The van der Waals surface area contributed by atoms with Crippen molar-refractivity contribution in [3.63, 3.8) is 0 Å². The van der Waals surface area contributed by atoms with Crippen molar-refractivity contribution in [1.29, 1.82) is 0 Å². The third-order valence-corrected chi connectivity index (χ3v) is 5.62. The number of hydrogen-bond donors (Lipinski definition) is 0. The van der Waals surface area contributed by atoms with E-state index < -0.39 is 0 Å². The molecule has 0 atom stereocenters. The number of hydrogen-bond acceptors (Lipinski definition) is 0. The molecular formula is C20H30Co-6. The van der Waals surface area contributed by atoms with Gasteiger partial charge in [0.25, 0.3) is 0 Å². The summed E-state index contributed by atoms with van der Waals surface area (Å²) in [6, 6.07) is 0. The van der Waals surface area contributed by atoms with E-state index >= 15 is 0 Å². The first-order valence-electron chi connectivity index (χ1n) is 7.50. The molecular weight excluding hydrogens is 299 g/mol. The second-order valence-corrected chi connectivity index (χ2v) is 6.25. The molecule has 0 saturated heterocycles. The fourth-order valence-corrected chi connectivity index (χ4v) is 2.81. The van der Waals surface area contributed by atoms with E-state index in [1.54, 1.807) is 0 Å². The molecule has 2 aromatic rings. The van der Waals surface area contributed by atoms with E-state index in [-0.39, 0.29) is 16.8 Å². The first-order chi connectivity index (χ1) is 9.11. The maximum absolute atomic E-state index is 2.20. The summed E-state index contributed by atoms with van der Waals surface area (Å²) >= 11 is 0. The summed E-state index contributed by atoms with van der Waals surface area (Å²) in [5.74, 6) is 0. The summed E-state index contributed by atoms with van der Waals surface area (Å²) in [5, 5.41) is 0. The predicted molar refractivity (Wildman–Crippen MR) is 91.4 cm³/mol. The van der Waals surface area contributed by atoms with Gasteiger partial charge in [0.05, 0.1) is 0 Å². The van der Waals surface area contributed by atoms with E-state index in [0.717, 1.165) is 0 Å². The van der Waals surface area contributed by atoms with Crippen LogP contribution in [0.4, 0.5) is 0 Å². The fourth-order valence-electron chi connectivity index (χ4n) is 2.81. The molecule has 2 aromatic carbocycles. The van der Waals surface area contributed by atoms with E-state index in [0.29, 0.717) is 0 Å². The Kier molecular flexibility index (Phi) is 7.18. The Bertz CT molecular complexity index is 404. The third-order valence-electron chi connectivity index (χ3n) is 5.62. The maximum Gasteiger partial charge on any atom is 0 e. The zero-order valence-electron chi connectivity index (χ0n) is 15.3. The van der Waals surface area contributed by atoms with Gasteiger partial charge < -0.3 is 27.8 Å². The zero-order valence-corrected chi connectivity index (χ0v) is 16.4. The molecule has 1 heteroatoms. The van der Waals surface area contributed by atoms with Gasteiger partial charge in [-0.25, -0.2) is 34.6 Å². The molecule has 0 saturated carbocycles. The molecule has 0 aliphatic rings. The summed E-state index contributed by atoms with van der Waals surface area (Å²) in [6.07, 6.45) is 0. The van der Waals surface area contributed by atoms with Crippen LogP contribution in [-0.2, 0) is 16.8 Å². The van der Waals surface area contributed by atoms with Crippen molar-refractivity contribution in [2.45, 2.75) is 69.2 Å². The van der Waals surface area contributed by atoms with Gasteiger partial charge in [-0.05, 0) is 0 Å². The Balaban J connectivity index is 0.000000364. The van der Waals surface area contributed by atoms with Crippen molar-refractivity contribution in [1.82, 2.24) is 0 Å². The Morgan fingerprint density at radius 2 is 0.667 bits per heavy atom. The summed E-state index contributed by atoms with van der Waals surface area (Å²) in [5.41, 5.74) is 14.7.